The summed E-state index contributed by atoms with van der Waals surface area (Å²) in [5, 5.41) is 0. The first-order valence-corrected chi connectivity index (χ1v) is 2.28. The molecule has 0 aliphatic heterocycles. The fourth-order valence-corrected chi connectivity index (χ4v) is 0. The molecule has 0 N–H and O–H groups in total. The first kappa shape index (κ1) is 6.06. The molecule has 0 unspecified atom stereocenters. The van der Waals surface area contributed by atoms with E-state index < -0.39 is 6.88 Å². The van der Waals surface area contributed by atoms with Gasteiger partial charge in [-0.2, -0.15) is 0 Å². The van der Waals surface area contributed by atoms with Crippen LogP contribution in [-0.4, -0.2) is 14.6 Å². The molecule has 0 spiro atoms. The first-order valence-electron chi connectivity index (χ1n) is 2.28. The van der Waals surface area contributed by atoms with Crippen LogP contribution in [0.2, 0.25) is 5.82 Å². The molecule has 0 atom stereocenters. The van der Waals surface area contributed by atoms with Gasteiger partial charge in [0.2, 0.25) is 0 Å². The van der Waals surface area contributed by atoms with Gasteiger partial charge >= 0.3 is 6.88 Å². The fraction of sp³-hybridized carbons (Fsp3) is 1.00. The van der Waals surface area contributed by atoms with Crippen LogP contribution >= 0.6 is 0 Å². The Kier molecular flexibility index (Phi) is 2.29. The maximum absolute atomic E-state index is 11.8. The zero-order valence-electron chi connectivity index (χ0n) is 4.53. The van der Waals surface area contributed by atoms with Gasteiger partial charge in [-0.05, 0) is 5.82 Å². The molecule has 0 aromatic heterocycles. The topological polar surface area (TPSA) is 0 Å². The summed E-state index contributed by atoms with van der Waals surface area (Å²) in [5.74, 6) is 0.185. The second-order valence-corrected chi connectivity index (χ2v) is 1.92. The molecule has 0 amide bonds. The molecule has 0 fully saturated rings. The van der Waals surface area contributed by atoms with Crippen LogP contribution in [0.1, 0.15) is 13.8 Å². The number of hydrogen-bond acceptors (Lipinski definition) is 0. The van der Waals surface area contributed by atoms with E-state index in [2.05, 4.69) is 0 Å². The molecule has 0 nitrogen and oxygen atoms in total. The average Bonchev–Trinajstić information content (AvgIpc) is 1.36. The lowest BCUT2D eigenvalue weighted by Crippen LogP contribution is -2.08. The molecular weight excluding hydrogens is 76.7 g/mol. The van der Waals surface area contributed by atoms with Crippen LogP contribution in [0.15, 0.2) is 0 Å². The van der Waals surface area contributed by atoms with Crippen LogP contribution in [0.25, 0.3) is 0 Å². The summed E-state index contributed by atoms with van der Waals surface area (Å²) in [6, 6.07) is 0. The predicted molar refractivity (Wildman–Crippen MR) is 30.5 cm³/mol. The van der Waals surface area contributed by atoms with Crippen molar-refractivity contribution in [3.05, 3.63) is 0 Å². The minimum Gasteiger partial charge on any atom is -0.348 e. The standard InChI is InChI=1S/C3H9B2F/c1-3(2)5(4)6/h3H,4H2,1-2H3. The maximum Gasteiger partial charge on any atom is 0.304 e. The number of halogens is 1. The van der Waals surface area contributed by atoms with Crippen LogP contribution in [0.5, 0.6) is 0 Å². The molecule has 0 bridgehead atoms. The van der Waals surface area contributed by atoms with Gasteiger partial charge in [0.05, 0.1) is 0 Å². The van der Waals surface area contributed by atoms with Crippen molar-refractivity contribution in [1.82, 2.24) is 0 Å². The van der Waals surface area contributed by atoms with E-state index in [0.717, 1.165) is 0 Å². The molecule has 3 heteroatoms. The largest absolute Gasteiger partial charge is 0.348 e. The summed E-state index contributed by atoms with van der Waals surface area (Å²) in [5.41, 5.74) is 0. The predicted octanol–water partition coefficient (Wildman–Crippen LogP) is 0.487. The Bertz CT molecular complexity index is 29.8. The van der Waals surface area contributed by atoms with Gasteiger partial charge < -0.3 is 4.32 Å². The quantitative estimate of drug-likeness (QED) is 0.407. The summed E-state index contributed by atoms with van der Waals surface area (Å²) >= 11 is 0. The van der Waals surface area contributed by atoms with Gasteiger partial charge in [-0.25, -0.2) is 0 Å². The first-order chi connectivity index (χ1) is 2.64. The third kappa shape index (κ3) is 2.31. The smallest absolute Gasteiger partial charge is 0.304 e. The van der Waals surface area contributed by atoms with Crippen molar-refractivity contribution in [2.45, 2.75) is 19.7 Å². The minimum atomic E-state index is -0.648. The molecule has 0 aromatic rings. The molecule has 34 valence electrons. The van der Waals surface area contributed by atoms with Gasteiger partial charge in [-0.1, -0.05) is 13.8 Å². The van der Waals surface area contributed by atoms with Crippen LogP contribution < -0.4 is 0 Å². The zero-order valence-corrected chi connectivity index (χ0v) is 4.53. The normalized spacial score (nSPS) is 9.33. The molecule has 0 saturated carbocycles. The second kappa shape index (κ2) is 2.27. The highest BCUT2D eigenvalue weighted by molar-refractivity contribution is 6.99. The Hall–Kier alpha value is 0.0599. The molecule has 0 rings (SSSR count). The maximum atomic E-state index is 11.8. The fourth-order valence-electron chi connectivity index (χ4n) is 0. The lowest BCUT2D eigenvalue weighted by molar-refractivity contribution is 0.808. The van der Waals surface area contributed by atoms with E-state index in [4.69, 9.17) is 0 Å². The Morgan fingerprint density at radius 3 is 1.83 bits per heavy atom. The van der Waals surface area contributed by atoms with E-state index in [9.17, 15) is 4.32 Å². The van der Waals surface area contributed by atoms with Crippen LogP contribution in [0.4, 0.5) is 4.32 Å². The van der Waals surface area contributed by atoms with Crippen molar-refractivity contribution in [3.63, 3.8) is 0 Å². The van der Waals surface area contributed by atoms with E-state index in [1.807, 2.05) is 13.8 Å². The van der Waals surface area contributed by atoms with Gasteiger partial charge in [0, 0.05) is 0 Å². The lowest BCUT2D eigenvalue weighted by Gasteiger charge is -1.96. The Labute approximate surface area is 39.6 Å². The highest BCUT2D eigenvalue weighted by Gasteiger charge is 2.08. The molecule has 0 aromatic carbocycles. The van der Waals surface area contributed by atoms with E-state index in [1.165, 1.54) is 0 Å². The van der Waals surface area contributed by atoms with Crippen LogP contribution in [0.3, 0.4) is 0 Å². The summed E-state index contributed by atoms with van der Waals surface area (Å²) in [6.07, 6.45) is 0. The number of hydrogen-bond donors (Lipinski definition) is 0. The molecular formula is C3H9B2F. The van der Waals surface area contributed by atoms with Gasteiger partial charge in [0.25, 0.3) is 0 Å². The van der Waals surface area contributed by atoms with Gasteiger partial charge in [-0.15, -0.1) is 0 Å². The Morgan fingerprint density at radius 2 is 1.83 bits per heavy atom. The van der Waals surface area contributed by atoms with E-state index in [0.29, 0.717) is 0 Å². The van der Waals surface area contributed by atoms with Crippen molar-refractivity contribution in [2.75, 3.05) is 0 Å². The van der Waals surface area contributed by atoms with Gasteiger partial charge in [-0.3, -0.25) is 0 Å². The van der Waals surface area contributed by atoms with Crippen molar-refractivity contribution in [2.24, 2.45) is 0 Å². The molecule has 0 saturated heterocycles. The number of rotatable bonds is 1. The lowest BCUT2D eigenvalue weighted by atomic mass is 9.43. The Balaban J connectivity index is 2.99. The Morgan fingerprint density at radius 1 is 1.67 bits per heavy atom. The third-order valence-electron chi connectivity index (χ3n) is 0.919. The summed E-state index contributed by atoms with van der Waals surface area (Å²) in [6.45, 7) is 3.08. The van der Waals surface area contributed by atoms with Crippen LogP contribution in [-0.2, 0) is 0 Å². The highest BCUT2D eigenvalue weighted by Crippen LogP contribution is 2.02. The molecule has 0 radical (unpaired) electrons. The average molecular weight is 85.7 g/mol. The monoisotopic (exact) mass is 86.1 g/mol. The van der Waals surface area contributed by atoms with E-state index >= 15 is 0 Å². The SMILES string of the molecule is BB(F)C(C)C. The second-order valence-electron chi connectivity index (χ2n) is 1.92. The van der Waals surface area contributed by atoms with Crippen molar-refractivity contribution < 1.29 is 4.32 Å². The highest BCUT2D eigenvalue weighted by atomic mass is 19.1. The van der Waals surface area contributed by atoms with Crippen LogP contribution in [0, 0.1) is 0 Å². The molecule has 0 heterocycles. The summed E-state index contributed by atoms with van der Waals surface area (Å²) < 4.78 is 11.8. The molecule has 0 aliphatic rings. The van der Waals surface area contributed by atoms with E-state index in [1.54, 1.807) is 7.74 Å². The minimum absolute atomic E-state index is 0.185. The summed E-state index contributed by atoms with van der Waals surface area (Å²) in [7, 11) is 1.57. The summed E-state index contributed by atoms with van der Waals surface area (Å²) in [4.78, 5) is 0. The van der Waals surface area contributed by atoms with Crippen molar-refractivity contribution in [1.29, 1.82) is 0 Å². The van der Waals surface area contributed by atoms with Crippen molar-refractivity contribution in [3.8, 4) is 0 Å². The van der Waals surface area contributed by atoms with Gasteiger partial charge in [0.15, 0.2) is 0 Å². The van der Waals surface area contributed by atoms with Gasteiger partial charge in [0.1, 0.15) is 7.74 Å². The molecule has 0 aliphatic carbocycles. The van der Waals surface area contributed by atoms with Crippen molar-refractivity contribution >= 4 is 14.6 Å². The zero-order chi connectivity index (χ0) is 5.15. The third-order valence-corrected chi connectivity index (χ3v) is 0.919. The van der Waals surface area contributed by atoms with E-state index in [-0.39, 0.29) is 5.82 Å². The molecule has 6 heavy (non-hydrogen) atoms.